The minimum atomic E-state index is -0.496. The molecule has 0 aromatic heterocycles. The largest absolute Gasteiger partial charge is 0.379 e. The number of hydrogen-bond donors (Lipinski definition) is 1. The van der Waals surface area contributed by atoms with Crippen LogP contribution in [0.15, 0.2) is 18.2 Å². The van der Waals surface area contributed by atoms with Gasteiger partial charge in [-0.1, -0.05) is 22.0 Å². The van der Waals surface area contributed by atoms with Crippen LogP contribution < -0.4 is 5.32 Å². The first-order valence-electron chi connectivity index (χ1n) is 5.33. The smallest absolute Gasteiger partial charge is 0.254 e. The second kappa shape index (κ2) is 7.40. The Morgan fingerprint density at radius 3 is 2.88 bits per heavy atom. The molecule has 0 aliphatic rings. The zero-order valence-corrected chi connectivity index (χ0v) is 11.2. The van der Waals surface area contributed by atoms with Crippen molar-refractivity contribution in [2.75, 3.05) is 25.1 Å². The van der Waals surface area contributed by atoms with Gasteiger partial charge in [0.2, 0.25) is 0 Å². The second-order valence-electron chi connectivity index (χ2n) is 3.54. The molecule has 0 saturated heterocycles. The fourth-order valence-corrected chi connectivity index (χ4v) is 1.52. The molecular formula is C12H15BrFNO2. The number of hydrogen-bond acceptors (Lipinski definition) is 2. The third kappa shape index (κ3) is 4.83. The predicted molar refractivity (Wildman–Crippen MR) is 68.1 cm³/mol. The number of carbonyl (C=O) groups excluding carboxylic acids is 1. The lowest BCUT2D eigenvalue weighted by Crippen LogP contribution is -2.28. The standard InChI is InChI=1S/C12H15BrFNO2/c1-9-2-3-10(11(14)8-9)12(16)15-5-7-17-6-4-13/h2-3,8H,4-7H2,1H3,(H,15,16). The molecule has 3 nitrogen and oxygen atoms in total. The molecule has 0 saturated carbocycles. The van der Waals surface area contributed by atoms with Gasteiger partial charge in [0.25, 0.3) is 5.91 Å². The number of rotatable bonds is 6. The Labute approximate surface area is 108 Å². The summed E-state index contributed by atoms with van der Waals surface area (Å²) >= 11 is 3.22. The molecule has 94 valence electrons. The normalized spacial score (nSPS) is 10.3. The molecule has 0 aliphatic carbocycles. The van der Waals surface area contributed by atoms with Crippen molar-refractivity contribution >= 4 is 21.8 Å². The van der Waals surface area contributed by atoms with E-state index in [-0.39, 0.29) is 5.56 Å². The summed E-state index contributed by atoms with van der Waals surface area (Å²) in [6, 6.07) is 4.54. The Bertz CT molecular complexity index is 385. The molecule has 17 heavy (non-hydrogen) atoms. The third-order valence-electron chi connectivity index (χ3n) is 2.12. The minimum absolute atomic E-state index is 0.0658. The lowest BCUT2D eigenvalue weighted by Gasteiger charge is -2.06. The number of aryl methyl sites for hydroxylation is 1. The van der Waals surface area contributed by atoms with Crippen LogP contribution in [0.2, 0.25) is 0 Å². The Morgan fingerprint density at radius 1 is 1.47 bits per heavy atom. The summed E-state index contributed by atoms with van der Waals surface area (Å²) in [5, 5.41) is 3.36. The number of benzene rings is 1. The summed E-state index contributed by atoms with van der Waals surface area (Å²) in [7, 11) is 0. The highest BCUT2D eigenvalue weighted by Gasteiger charge is 2.10. The van der Waals surface area contributed by atoms with Gasteiger partial charge in [-0.05, 0) is 24.6 Å². The number of nitrogens with one attached hydrogen (secondary N) is 1. The average Bonchev–Trinajstić information content (AvgIpc) is 2.28. The fourth-order valence-electron chi connectivity index (χ4n) is 1.29. The predicted octanol–water partition coefficient (Wildman–Crippen LogP) is 2.28. The van der Waals surface area contributed by atoms with Crippen molar-refractivity contribution in [1.82, 2.24) is 5.32 Å². The van der Waals surface area contributed by atoms with Crippen LogP contribution in [0.3, 0.4) is 0 Å². The zero-order chi connectivity index (χ0) is 12.7. The number of halogens is 2. The lowest BCUT2D eigenvalue weighted by molar-refractivity contribution is 0.0920. The van der Waals surface area contributed by atoms with E-state index in [1.807, 2.05) is 0 Å². The molecule has 0 spiro atoms. The molecule has 0 aliphatic heterocycles. The SMILES string of the molecule is Cc1ccc(C(=O)NCCOCCBr)c(F)c1. The van der Waals surface area contributed by atoms with E-state index < -0.39 is 11.7 Å². The molecule has 1 amide bonds. The highest BCUT2D eigenvalue weighted by molar-refractivity contribution is 9.09. The van der Waals surface area contributed by atoms with Gasteiger partial charge in [-0.2, -0.15) is 0 Å². The number of ether oxygens (including phenoxy) is 1. The van der Waals surface area contributed by atoms with Crippen molar-refractivity contribution in [1.29, 1.82) is 0 Å². The first-order valence-corrected chi connectivity index (χ1v) is 6.45. The summed E-state index contributed by atoms with van der Waals surface area (Å²) in [6.07, 6.45) is 0. The van der Waals surface area contributed by atoms with Crippen LogP contribution in [0, 0.1) is 12.7 Å². The summed E-state index contributed by atoms with van der Waals surface area (Å²) < 4.78 is 18.6. The molecule has 0 atom stereocenters. The van der Waals surface area contributed by atoms with E-state index in [2.05, 4.69) is 21.2 Å². The van der Waals surface area contributed by atoms with Crippen LogP contribution in [0.25, 0.3) is 0 Å². The van der Waals surface area contributed by atoms with Crippen molar-refractivity contribution in [2.45, 2.75) is 6.92 Å². The number of carbonyl (C=O) groups is 1. The minimum Gasteiger partial charge on any atom is -0.379 e. The number of alkyl halides is 1. The maximum absolute atomic E-state index is 13.4. The van der Waals surface area contributed by atoms with Gasteiger partial charge >= 0.3 is 0 Å². The maximum Gasteiger partial charge on any atom is 0.254 e. The molecule has 5 heteroatoms. The molecule has 0 heterocycles. The van der Waals surface area contributed by atoms with Crippen LogP contribution in [0.4, 0.5) is 4.39 Å². The highest BCUT2D eigenvalue weighted by atomic mass is 79.9. The van der Waals surface area contributed by atoms with Gasteiger partial charge in [0.15, 0.2) is 0 Å². The van der Waals surface area contributed by atoms with Crippen molar-refractivity contribution in [3.05, 3.63) is 35.1 Å². The summed E-state index contributed by atoms with van der Waals surface area (Å²) in [4.78, 5) is 11.6. The van der Waals surface area contributed by atoms with E-state index in [1.165, 1.54) is 12.1 Å². The Hall–Kier alpha value is -0.940. The Morgan fingerprint density at radius 2 is 2.24 bits per heavy atom. The van der Waals surface area contributed by atoms with Gasteiger partial charge in [0, 0.05) is 11.9 Å². The third-order valence-corrected chi connectivity index (χ3v) is 2.45. The molecule has 0 fully saturated rings. The maximum atomic E-state index is 13.4. The summed E-state index contributed by atoms with van der Waals surface area (Å²) in [6.45, 7) is 3.16. The zero-order valence-electron chi connectivity index (χ0n) is 9.63. The second-order valence-corrected chi connectivity index (χ2v) is 4.33. The van der Waals surface area contributed by atoms with Crippen LogP contribution in [0.5, 0.6) is 0 Å². The Kier molecular flexibility index (Phi) is 6.15. The summed E-state index contributed by atoms with van der Waals surface area (Å²) in [5.41, 5.74) is 0.857. The lowest BCUT2D eigenvalue weighted by atomic mass is 10.1. The first kappa shape index (κ1) is 14.1. The van der Waals surface area contributed by atoms with Gasteiger partial charge in [0.05, 0.1) is 18.8 Å². The van der Waals surface area contributed by atoms with Crippen LogP contribution in [0.1, 0.15) is 15.9 Å². The molecule has 1 aromatic carbocycles. The molecule has 1 N–H and O–H groups in total. The average molecular weight is 304 g/mol. The molecule has 0 radical (unpaired) electrons. The molecular weight excluding hydrogens is 289 g/mol. The van der Waals surface area contributed by atoms with E-state index >= 15 is 0 Å². The molecule has 1 rings (SSSR count). The molecule has 1 aromatic rings. The van der Waals surface area contributed by atoms with E-state index in [1.54, 1.807) is 13.0 Å². The van der Waals surface area contributed by atoms with Crippen molar-refractivity contribution in [2.24, 2.45) is 0 Å². The quantitative estimate of drug-likeness (QED) is 0.647. The highest BCUT2D eigenvalue weighted by Crippen LogP contribution is 2.09. The number of amides is 1. The van der Waals surface area contributed by atoms with Crippen LogP contribution in [-0.4, -0.2) is 31.0 Å². The van der Waals surface area contributed by atoms with Crippen molar-refractivity contribution in [3.63, 3.8) is 0 Å². The van der Waals surface area contributed by atoms with E-state index in [4.69, 9.17) is 4.74 Å². The van der Waals surface area contributed by atoms with E-state index in [0.29, 0.717) is 19.8 Å². The van der Waals surface area contributed by atoms with E-state index in [9.17, 15) is 9.18 Å². The molecule has 0 unspecified atom stereocenters. The van der Waals surface area contributed by atoms with Gasteiger partial charge in [-0.15, -0.1) is 0 Å². The first-order chi connectivity index (χ1) is 8.15. The van der Waals surface area contributed by atoms with Crippen molar-refractivity contribution in [3.8, 4) is 0 Å². The van der Waals surface area contributed by atoms with Crippen LogP contribution >= 0.6 is 15.9 Å². The van der Waals surface area contributed by atoms with Gasteiger partial charge in [-0.3, -0.25) is 4.79 Å². The van der Waals surface area contributed by atoms with Gasteiger partial charge in [0.1, 0.15) is 5.82 Å². The fraction of sp³-hybridized carbons (Fsp3) is 0.417. The topological polar surface area (TPSA) is 38.3 Å². The Balaban J connectivity index is 2.42. The monoisotopic (exact) mass is 303 g/mol. The molecule has 0 bridgehead atoms. The summed E-state index contributed by atoms with van der Waals surface area (Å²) in [5.74, 6) is -0.909. The van der Waals surface area contributed by atoms with Gasteiger partial charge < -0.3 is 10.1 Å². The van der Waals surface area contributed by atoms with Gasteiger partial charge in [-0.25, -0.2) is 4.39 Å². The van der Waals surface area contributed by atoms with Crippen LogP contribution in [-0.2, 0) is 4.74 Å². The van der Waals surface area contributed by atoms with E-state index in [0.717, 1.165) is 10.9 Å². The van der Waals surface area contributed by atoms with Crippen molar-refractivity contribution < 1.29 is 13.9 Å².